The molecule has 6 aliphatic rings. The van der Waals surface area contributed by atoms with Gasteiger partial charge in [0, 0.05) is 0 Å². The van der Waals surface area contributed by atoms with Crippen LogP contribution in [0.15, 0.2) is 0 Å². The van der Waals surface area contributed by atoms with Gasteiger partial charge in [0.05, 0.1) is 0 Å². The van der Waals surface area contributed by atoms with Crippen LogP contribution in [0.3, 0.4) is 0 Å². The molecule has 106 valence electrons. The molecule has 4 bridgehead atoms. The molecule has 0 aliphatic heterocycles. The molecule has 6 saturated carbocycles. The van der Waals surface area contributed by atoms with Gasteiger partial charge in [-0.1, -0.05) is 6.92 Å². The molecular formula is C19H30. The maximum atomic E-state index is 2.47. The van der Waals surface area contributed by atoms with Crippen LogP contribution in [-0.4, -0.2) is 0 Å². The summed E-state index contributed by atoms with van der Waals surface area (Å²) < 4.78 is 0. The lowest BCUT2D eigenvalue weighted by Gasteiger charge is -2.65. The second kappa shape index (κ2) is 3.60. The van der Waals surface area contributed by atoms with Crippen molar-refractivity contribution in [3.05, 3.63) is 0 Å². The number of rotatable bonds is 0. The van der Waals surface area contributed by atoms with Gasteiger partial charge in [0.2, 0.25) is 0 Å². The van der Waals surface area contributed by atoms with Crippen molar-refractivity contribution in [2.24, 2.45) is 40.4 Å². The van der Waals surface area contributed by atoms with Gasteiger partial charge in [-0.05, 0) is 111 Å². The zero-order valence-electron chi connectivity index (χ0n) is 12.7. The highest BCUT2D eigenvalue weighted by atomic mass is 14.6. The number of hydrogen-bond donors (Lipinski definition) is 0. The summed E-state index contributed by atoms with van der Waals surface area (Å²) in [6, 6.07) is 0. The summed E-state index contributed by atoms with van der Waals surface area (Å²) in [7, 11) is 0. The summed E-state index contributed by atoms with van der Waals surface area (Å²) in [5.41, 5.74) is 1.71. The van der Waals surface area contributed by atoms with Crippen molar-refractivity contribution >= 4 is 0 Å². The Hall–Kier alpha value is 0. The van der Waals surface area contributed by atoms with E-state index in [0.717, 1.165) is 28.6 Å². The first-order chi connectivity index (χ1) is 9.18. The Morgan fingerprint density at radius 3 is 1.68 bits per heavy atom. The van der Waals surface area contributed by atoms with E-state index in [9.17, 15) is 0 Å². The second-order valence-electron chi connectivity index (χ2n) is 9.55. The van der Waals surface area contributed by atoms with E-state index >= 15 is 0 Å². The molecule has 6 fully saturated rings. The molecule has 0 heterocycles. The summed E-state index contributed by atoms with van der Waals surface area (Å²) >= 11 is 0. The Labute approximate surface area is 118 Å². The molecule has 0 unspecified atom stereocenters. The van der Waals surface area contributed by atoms with Gasteiger partial charge in [-0.3, -0.25) is 0 Å². The molecule has 0 aromatic carbocycles. The van der Waals surface area contributed by atoms with Crippen LogP contribution in [0.1, 0.15) is 77.6 Å². The van der Waals surface area contributed by atoms with Gasteiger partial charge in [-0.25, -0.2) is 0 Å². The van der Waals surface area contributed by atoms with Crippen molar-refractivity contribution in [3.63, 3.8) is 0 Å². The summed E-state index contributed by atoms with van der Waals surface area (Å²) in [5.74, 6) is 5.70. The van der Waals surface area contributed by atoms with E-state index in [1.54, 1.807) is 70.6 Å². The molecule has 0 atom stereocenters. The SMILES string of the molecule is CC1CC2(CCC3(CC2)C2CC4CC(C2)CC3C4)C1. The van der Waals surface area contributed by atoms with E-state index in [0.29, 0.717) is 0 Å². The molecule has 0 N–H and O–H groups in total. The summed E-state index contributed by atoms with van der Waals surface area (Å²) in [5, 5.41) is 0. The Kier molecular flexibility index (Phi) is 2.21. The standard InChI is InChI=1S/C19H30/c1-13-11-18(12-13)2-4-19(5-3-18)16-7-14-6-15(9-16)10-17(19)8-14/h13-17H,2-12H2,1H3. The van der Waals surface area contributed by atoms with Gasteiger partial charge < -0.3 is 0 Å². The van der Waals surface area contributed by atoms with Crippen LogP contribution in [0.4, 0.5) is 0 Å². The lowest BCUT2D eigenvalue weighted by atomic mass is 9.39. The maximum Gasteiger partial charge on any atom is -0.0240 e. The Morgan fingerprint density at radius 2 is 1.21 bits per heavy atom. The van der Waals surface area contributed by atoms with Crippen molar-refractivity contribution in [2.75, 3.05) is 0 Å². The van der Waals surface area contributed by atoms with E-state index in [2.05, 4.69) is 6.92 Å². The molecule has 0 amide bonds. The van der Waals surface area contributed by atoms with Crippen molar-refractivity contribution in [2.45, 2.75) is 77.6 Å². The van der Waals surface area contributed by atoms with Crippen molar-refractivity contribution in [3.8, 4) is 0 Å². The Balaban J connectivity index is 1.38. The highest BCUT2D eigenvalue weighted by Gasteiger charge is 2.59. The minimum Gasteiger partial charge on any atom is -0.0625 e. The normalized spacial score (nSPS) is 62.7. The van der Waals surface area contributed by atoms with Crippen molar-refractivity contribution in [1.82, 2.24) is 0 Å². The average molecular weight is 258 g/mol. The predicted octanol–water partition coefficient (Wildman–Crippen LogP) is 5.42. The molecular weight excluding hydrogens is 228 g/mol. The lowest BCUT2D eigenvalue weighted by molar-refractivity contribution is -0.154. The van der Waals surface area contributed by atoms with Gasteiger partial charge >= 0.3 is 0 Å². The first-order valence-electron chi connectivity index (χ1n) is 9.18. The monoisotopic (exact) mass is 258 g/mol. The van der Waals surface area contributed by atoms with E-state index in [1.165, 1.54) is 11.8 Å². The summed E-state index contributed by atoms with van der Waals surface area (Å²) in [6.45, 7) is 2.47. The molecule has 6 rings (SSSR count). The minimum atomic E-state index is 0.847. The van der Waals surface area contributed by atoms with Crippen LogP contribution in [0.25, 0.3) is 0 Å². The fourth-order valence-corrected chi connectivity index (χ4v) is 8.01. The third kappa shape index (κ3) is 1.47. The number of hydrogen-bond acceptors (Lipinski definition) is 0. The summed E-state index contributed by atoms with van der Waals surface area (Å²) in [4.78, 5) is 0. The molecule has 0 nitrogen and oxygen atoms in total. The summed E-state index contributed by atoms with van der Waals surface area (Å²) in [6.07, 6.45) is 17.8. The van der Waals surface area contributed by atoms with Gasteiger partial charge in [-0.2, -0.15) is 0 Å². The second-order valence-corrected chi connectivity index (χ2v) is 9.55. The van der Waals surface area contributed by atoms with Crippen molar-refractivity contribution < 1.29 is 0 Å². The van der Waals surface area contributed by atoms with E-state index in [4.69, 9.17) is 0 Å². The van der Waals surface area contributed by atoms with Crippen molar-refractivity contribution in [1.29, 1.82) is 0 Å². The third-order valence-corrected chi connectivity index (χ3v) is 8.57. The molecule has 0 radical (unpaired) electrons. The third-order valence-electron chi connectivity index (χ3n) is 8.57. The topological polar surface area (TPSA) is 0 Å². The lowest BCUT2D eigenvalue weighted by Crippen LogP contribution is -2.56. The van der Waals surface area contributed by atoms with Gasteiger partial charge in [0.25, 0.3) is 0 Å². The molecule has 19 heavy (non-hydrogen) atoms. The first kappa shape index (κ1) is 11.6. The van der Waals surface area contributed by atoms with E-state index < -0.39 is 0 Å². The highest BCUT2D eigenvalue weighted by molar-refractivity contribution is 5.10. The largest absolute Gasteiger partial charge is 0.0625 e. The first-order valence-corrected chi connectivity index (χ1v) is 9.18. The fourth-order valence-electron chi connectivity index (χ4n) is 8.01. The van der Waals surface area contributed by atoms with E-state index in [-0.39, 0.29) is 0 Å². The van der Waals surface area contributed by atoms with E-state index in [1.807, 2.05) is 0 Å². The van der Waals surface area contributed by atoms with Crippen LogP contribution in [0, 0.1) is 40.4 Å². The Bertz CT molecular complexity index is 347. The van der Waals surface area contributed by atoms with Crippen LogP contribution in [0.2, 0.25) is 0 Å². The van der Waals surface area contributed by atoms with Gasteiger partial charge in [0.1, 0.15) is 0 Å². The molecule has 0 heteroatoms. The molecule has 0 saturated heterocycles. The predicted molar refractivity (Wildman–Crippen MR) is 78.8 cm³/mol. The zero-order chi connectivity index (χ0) is 12.7. The fraction of sp³-hybridized carbons (Fsp3) is 1.00. The highest BCUT2D eigenvalue weighted by Crippen LogP contribution is 2.70. The van der Waals surface area contributed by atoms with Gasteiger partial charge in [-0.15, -0.1) is 0 Å². The minimum absolute atomic E-state index is 0.847. The maximum absolute atomic E-state index is 2.47. The molecule has 0 aromatic rings. The zero-order valence-corrected chi connectivity index (χ0v) is 12.7. The van der Waals surface area contributed by atoms with Gasteiger partial charge in [0.15, 0.2) is 0 Å². The molecule has 2 spiro atoms. The van der Waals surface area contributed by atoms with Crippen LogP contribution < -0.4 is 0 Å². The van der Waals surface area contributed by atoms with Crippen LogP contribution in [-0.2, 0) is 0 Å². The average Bonchev–Trinajstić information content (AvgIpc) is 2.35. The van der Waals surface area contributed by atoms with Crippen LogP contribution in [0.5, 0.6) is 0 Å². The quantitative estimate of drug-likeness (QED) is 0.544. The molecule has 0 aromatic heterocycles. The van der Waals surface area contributed by atoms with Crippen LogP contribution >= 0.6 is 0 Å². The smallest absolute Gasteiger partial charge is 0.0240 e. The Morgan fingerprint density at radius 1 is 0.684 bits per heavy atom. The molecule has 6 aliphatic carbocycles.